The quantitative estimate of drug-likeness (QED) is 0.720. The van der Waals surface area contributed by atoms with Crippen LogP contribution in [0.1, 0.15) is 16.9 Å². The molecule has 4 rings (SSSR count). The third kappa shape index (κ3) is 3.23. The van der Waals surface area contributed by atoms with E-state index in [1.54, 1.807) is 19.5 Å². The number of anilines is 1. The van der Waals surface area contributed by atoms with Gasteiger partial charge in [0, 0.05) is 38.0 Å². The zero-order chi connectivity index (χ0) is 17.9. The van der Waals surface area contributed by atoms with Gasteiger partial charge in [-0.15, -0.1) is 0 Å². The Morgan fingerprint density at radius 3 is 3.08 bits per heavy atom. The maximum Gasteiger partial charge on any atom is 0.267 e. The smallest absolute Gasteiger partial charge is 0.267 e. The van der Waals surface area contributed by atoms with E-state index in [4.69, 9.17) is 4.74 Å². The Labute approximate surface area is 150 Å². The molecule has 0 spiro atoms. The minimum absolute atomic E-state index is 0.112. The van der Waals surface area contributed by atoms with E-state index in [-0.39, 0.29) is 18.1 Å². The molecule has 0 saturated carbocycles. The number of methoxy groups -OCH3 is 1. The number of nitrogens with zero attached hydrogens (tertiary/aromatic N) is 4. The van der Waals surface area contributed by atoms with Gasteiger partial charge < -0.3 is 19.9 Å². The van der Waals surface area contributed by atoms with Crippen LogP contribution in [0.2, 0.25) is 0 Å². The molecule has 0 radical (unpaired) electrons. The zero-order valence-corrected chi connectivity index (χ0v) is 14.4. The van der Waals surface area contributed by atoms with Gasteiger partial charge in [-0.05, 0) is 30.7 Å². The highest BCUT2D eigenvalue weighted by Gasteiger charge is 2.33. The second kappa shape index (κ2) is 7.09. The van der Waals surface area contributed by atoms with Crippen LogP contribution in [-0.4, -0.2) is 58.2 Å². The third-order valence-corrected chi connectivity index (χ3v) is 4.70. The van der Waals surface area contributed by atoms with Gasteiger partial charge in [0.1, 0.15) is 23.5 Å². The van der Waals surface area contributed by atoms with Gasteiger partial charge in [0.05, 0.1) is 12.1 Å². The summed E-state index contributed by atoms with van der Waals surface area (Å²) in [5.74, 6) is 0.695. The van der Waals surface area contributed by atoms with Crippen LogP contribution in [0.25, 0.3) is 11.0 Å². The molecule has 134 valence electrons. The number of hydrogen-bond acceptors (Lipinski definition) is 6. The lowest BCUT2D eigenvalue weighted by molar-refractivity contribution is 0.0942. The van der Waals surface area contributed by atoms with Gasteiger partial charge in [-0.25, -0.2) is 15.0 Å². The van der Waals surface area contributed by atoms with Crippen molar-refractivity contribution < 1.29 is 9.53 Å². The first-order valence-electron chi connectivity index (χ1n) is 8.52. The number of carbonyl (C=O) groups is 1. The fraction of sp³-hybridized carbons (Fsp3) is 0.333. The Morgan fingerprint density at radius 1 is 1.38 bits per heavy atom. The molecule has 2 N–H and O–H groups in total. The van der Waals surface area contributed by atoms with Crippen LogP contribution in [0.4, 0.5) is 5.82 Å². The topological polar surface area (TPSA) is 96.0 Å². The fourth-order valence-electron chi connectivity index (χ4n) is 3.36. The van der Waals surface area contributed by atoms with Crippen LogP contribution < -0.4 is 10.2 Å². The Morgan fingerprint density at radius 2 is 2.31 bits per heavy atom. The number of ether oxygens (including phenoxy) is 1. The molecule has 8 nitrogen and oxygen atoms in total. The van der Waals surface area contributed by atoms with Crippen molar-refractivity contribution in [3.05, 3.63) is 48.7 Å². The summed E-state index contributed by atoms with van der Waals surface area (Å²) in [5.41, 5.74) is 1.22. The lowest BCUT2D eigenvalue weighted by Crippen LogP contribution is -2.40. The molecule has 3 aromatic heterocycles. The maximum atomic E-state index is 12.5. The monoisotopic (exact) mass is 352 g/mol. The first kappa shape index (κ1) is 16.5. The van der Waals surface area contributed by atoms with Gasteiger partial charge >= 0.3 is 0 Å². The summed E-state index contributed by atoms with van der Waals surface area (Å²) < 4.78 is 5.51. The number of rotatable bonds is 5. The number of nitrogens with one attached hydrogen (secondary N) is 2. The summed E-state index contributed by atoms with van der Waals surface area (Å²) in [6, 6.07) is 7.57. The van der Waals surface area contributed by atoms with E-state index in [1.165, 1.54) is 6.33 Å². The molecule has 4 heterocycles. The average Bonchev–Trinajstić information content (AvgIpc) is 3.30. The zero-order valence-electron chi connectivity index (χ0n) is 14.4. The second-order valence-electron chi connectivity index (χ2n) is 6.30. The molecular weight excluding hydrogens is 332 g/mol. The van der Waals surface area contributed by atoms with Crippen LogP contribution in [0.15, 0.2) is 43.0 Å². The van der Waals surface area contributed by atoms with Crippen LogP contribution in [0.5, 0.6) is 0 Å². The van der Waals surface area contributed by atoms with Crippen molar-refractivity contribution in [2.24, 2.45) is 0 Å². The van der Waals surface area contributed by atoms with Crippen LogP contribution in [0, 0.1) is 0 Å². The number of carbonyl (C=O) groups excluding carboxylic acids is 1. The molecule has 1 fully saturated rings. The van der Waals surface area contributed by atoms with Crippen molar-refractivity contribution in [2.45, 2.75) is 18.6 Å². The summed E-state index contributed by atoms with van der Waals surface area (Å²) in [6.07, 6.45) is 5.89. The van der Waals surface area contributed by atoms with Gasteiger partial charge in [-0.3, -0.25) is 4.79 Å². The van der Waals surface area contributed by atoms with Crippen molar-refractivity contribution in [2.75, 3.05) is 25.1 Å². The van der Waals surface area contributed by atoms with Crippen LogP contribution >= 0.6 is 0 Å². The number of fused-ring (bicyclic) bond motifs is 1. The van der Waals surface area contributed by atoms with E-state index in [1.807, 2.05) is 24.3 Å². The summed E-state index contributed by atoms with van der Waals surface area (Å²) in [4.78, 5) is 30.2. The van der Waals surface area contributed by atoms with E-state index in [0.29, 0.717) is 17.9 Å². The van der Waals surface area contributed by atoms with Gasteiger partial charge in [0.15, 0.2) is 0 Å². The molecule has 1 aliphatic heterocycles. The Kier molecular flexibility index (Phi) is 4.49. The van der Waals surface area contributed by atoms with Gasteiger partial charge in [-0.2, -0.15) is 0 Å². The molecule has 26 heavy (non-hydrogen) atoms. The average molecular weight is 352 g/mol. The molecule has 1 aliphatic rings. The highest BCUT2D eigenvalue weighted by atomic mass is 16.5. The molecule has 0 aromatic carbocycles. The molecule has 2 atom stereocenters. The minimum Gasteiger partial charge on any atom is -0.380 e. The number of hydrogen-bond donors (Lipinski definition) is 2. The Balaban J connectivity index is 1.45. The number of amides is 1. The van der Waals surface area contributed by atoms with E-state index < -0.39 is 0 Å². The Hall–Kier alpha value is -3.00. The molecular formula is C18H20N6O2. The van der Waals surface area contributed by atoms with Crippen LogP contribution in [0.3, 0.4) is 0 Å². The lowest BCUT2D eigenvalue weighted by atomic mass is 10.2. The van der Waals surface area contributed by atoms with Crippen molar-refractivity contribution in [3.8, 4) is 0 Å². The fourth-order valence-corrected chi connectivity index (χ4v) is 3.36. The predicted octanol–water partition coefficient (Wildman–Crippen LogP) is 1.38. The molecule has 8 heteroatoms. The SMILES string of the molecule is CO[C@@H]1C[C@H](CNC(=O)c2cc3cccnc3[nH]2)N(c2ccncn2)C1. The van der Waals surface area contributed by atoms with Crippen molar-refractivity contribution in [3.63, 3.8) is 0 Å². The normalized spacial score (nSPS) is 19.8. The van der Waals surface area contributed by atoms with Crippen molar-refractivity contribution in [1.82, 2.24) is 25.3 Å². The standard InChI is InChI=1S/C18H20N6O2/c1-26-14-8-13(24(10-14)16-4-6-19-11-22-16)9-21-18(25)15-7-12-3-2-5-20-17(12)23-15/h2-7,11,13-14H,8-10H2,1H3,(H,20,23)(H,21,25)/t13-,14-/m1/s1. The van der Waals surface area contributed by atoms with Gasteiger partial charge in [0.2, 0.25) is 0 Å². The molecule has 0 bridgehead atoms. The predicted molar refractivity (Wildman–Crippen MR) is 97.0 cm³/mol. The molecule has 0 unspecified atom stereocenters. The first-order valence-corrected chi connectivity index (χ1v) is 8.52. The van der Waals surface area contributed by atoms with Crippen molar-refractivity contribution >= 4 is 22.8 Å². The van der Waals surface area contributed by atoms with Gasteiger partial charge in [-0.1, -0.05) is 0 Å². The minimum atomic E-state index is -0.147. The summed E-state index contributed by atoms with van der Waals surface area (Å²) in [6.45, 7) is 1.25. The molecule has 1 amide bonds. The summed E-state index contributed by atoms with van der Waals surface area (Å²) in [7, 11) is 1.71. The largest absolute Gasteiger partial charge is 0.380 e. The van der Waals surface area contributed by atoms with Crippen LogP contribution in [-0.2, 0) is 4.74 Å². The first-order chi connectivity index (χ1) is 12.7. The summed E-state index contributed by atoms with van der Waals surface area (Å²) >= 11 is 0. The van der Waals surface area contributed by atoms with Gasteiger partial charge in [0.25, 0.3) is 5.91 Å². The molecule has 0 aliphatic carbocycles. The van der Waals surface area contributed by atoms with E-state index in [0.717, 1.165) is 24.2 Å². The maximum absolute atomic E-state index is 12.5. The second-order valence-corrected chi connectivity index (χ2v) is 6.30. The number of H-pyrrole nitrogens is 1. The molecule has 3 aromatic rings. The number of aromatic nitrogens is 4. The highest BCUT2D eigenvalue weighted by Crippen LogP contribution is 2.24. The summed E-state index contributed by atoms with van der Waals surface area (Å²) in [5, 5.41) is 3.92. The number of pyridine rings is 1. The van der Waals surface area contributed by atoms with E-state index in [2.05, 4.69) is 30.2 Å². The van der Waals surface area contributed by atoms with E-state index >= 15 is 0 Å². The lowest BCUT2D eigenvalue weighted by Gasteiger charge is -2.25. The van der Waals surface area contributed by atoms with E-state index in [9.17, 15) is 4.79 Å². The molecule has 1 saturated heterocycles. The number of aromatic amines is 1. The highest BCUT2D eigenvalue weighted by molar-refractivity contribution is 5.97. The third-order valence-electron chi connectivity index (χ3n) is 4.70. The Bertz CT molecular complexity index is 864. The van der Waals surface area contributed by atoms with Crippen molar-refractivity contribution in [1.29, 1.82) is 0 Å².